The van der Waals surface area contributed by atoms with Crippen molar-refractivity contribution in [2.24, 2.45) is 23.7 Å². The van der Waals surface area contributed by atoms with Crippen LogP contribution in [0, 0.1) is 23.7 Å². The zero-order valence-electron chi connectivity index (χ0n) is 18.2. The van der Waals surface area contributed by atoms with Gasteiger partial charge in [0.2, 0.25) is 0 Å². The highest BCUT2D eigenvalue weighted by Gasteiger charge is 2.56. The van der Waals surface area contributed by atoms with Gasteiger partial charge in [-0.05, 0) is 35.8 Å². The molecular formula is C27H33NO3. The smallest absolute Gasteiger partial charge is 0.343 e. The molecular weight excluding hydrogens is 386 g/mol. The first-order chi connectivity index (χ1) is 15.2. The van der Waals surface area contributed by atoms with E-state index >= 15 is 0 Å². The van der Waals surface area contributed by atoms with E-state index in [1.54, 1.807) is 0 Å². The summed E-state index contributed by atoms with van der Waals surface area (Å²) in [4.78, 5) is 15.7. The zero-order chi connectivity index (χ0) is 21.3. The van der Waals surface area contributed by atoms with Crippen molar-refractivity contribution >= 4 is 5.97 Å². The Kier molecular flexibility index (Phi) is 5.85. The van der Waals surface area contributed by atoms with Gasteiger partial charge in [-0.2, -0.15) is 0 Å². The molecule has 2 aromatic rings. The Morgan fingerprint density at radius 3 is 2.19 bits per heavy atom. The highest BCUT2D eigenvalue weighted by atomic mass is 16.6. The van der Waals surface area contributed by atoms with Gasteiger partial charge in [0.25, 0.3) is 0 Å². The SMILES string of the molecule is O=C(OCC1[C@H]2CN(Cc3ccccc3)C[C@@H]12)[C@](O)(c1ccccc1)C1CCCCC1. The van der Waals surface area contributed by atoms with Crippen LogP contribution in [-0.4, -0.2) is 35.7 Å². The number of carbonyl (C=O) groups excluding carboxylic acids is 1. The molecule has 31 heavy (non-hydrogen) atoms. The Hall–Kier alpha value is -2.17. The Bertz CT molecular complexity index is 868. The summed E-state index contributed by atoms with van der Waals surface area (Å²) < 4.78 is 5.82. The largest absolute Gasteiger partial charge is 0.463 e. The molecule has 0 bridgehead atoms. The predicted octanol–water partition coefficient (Wildman–Crippen LogP) is 4.38. The van der Waals surface area contributed by atoms with Crippen LogP contribution in [0.1, 0.15) is 43.2 Å². The van der Waals surface area contributed by atoms with E-state index in [1.165, 1.54) is 12.0 Å². The second kappa shape index (κ2) is 8.76. The number of fused-ring (bicyclic) bond motifs is 1. The van der Waals surface area contributed by atoms with Crippen LogP contribution in [0.25, 0.3) is 0 Å². The third-order valence-electron chi connectivity index (χ3n) is 7.82. The second-order valence-electron chi connectivity index (χ2n) is 9.74. The predicted molar refractivity (Wildman–Crippen MR) is 120 cm³/mol. The lowest BCUT2D eigenvalue weighted by Crippen LogP contribution is -2.45. The lowest BCUT2D eigenvalue weighted by atomic mass is 9.73. The van der Waals surface area contributed by atoms with Crippen molar-refractivity contribution in [2.45, 2.75) is 44.2 Å². The molecule has 0 amide bonds. The first kappa shape index (κ1) is 20.7. The molecule has 3 fully saturated rings. The van der Waals surface area contributed by atoms with Gasteiger partial charge in [0, 0.05) is 31.5 Å². The number of aliphatic hydroxyl groups is 1. The number of benzene rings is 2. The lowest BCUT2D eigenvalue weighted by molar-refractivity contribution is -0.176. The van der Waals surface area contributed by atoms with E-state index < -0.39 is 11.6 Å². The topological polar surface area (TPSA) is 49.8 Å². The molecule has 2 aliphatic carbocycles. The quantitative estimate of drug-likeness (QED) is 0.677. The van der Waals surface area contributed by atoms with Crippen LogP contribution in [0.3, 0.4) is 0 Å². The minimum Gasteiger partial charge on any atom is -0.463 e. The Morgan fingerprint density at radius 2 is 1.55 bits per heavy atom. The molecule has 1 heterocycles. The van der Waals surface area contributed by atoms with Crippen LogP contribution in [-0.2, 0) is 21.7 Å². The van der Waals surface area contributed by atoms with Crippen LogP contribution in [0.5, 0.6) is 0 Å². The van der Waals surface area contributed by atoms with E-state index in [4.69, 9.17) is 4.74 Å². The molecule has 1 saturated heterocycles. The average molecular weight is 420 g/mol. The lowest BCUT2D eigenvalue weighted by Gasteiger charge is -2.36. The fraction of sp³-hybridized carbons (Fsp3) is 0.519. The number of piperidine rings is 1. The fourth-order valence-electron chi connectivity index (χ4n) is 5.97. The molecule has 1 aliphatic heterocycles. The van der Waals surface area contributed by atoms with Crippen molar-refractivity contribution in [2.75, 3.05) is 19.7 Å². The van der Waals surface area contributed by atoms with Crippen LogP contribution in [0.4, 0.5) is 0 Å². The summed E-state index contributed by atoms with van der Waals surface area (Å²) >= 11 is 0. The highest BCUT2D eigenvalue weighted by Crippen LogP contribution is 2.52. The number of hydrogen-bond acceptors (Lipinski definition) is 4. The Morgan fingerprint density at radius 1 is 0.935 bits per heavy atom. The maximum absolute atomic E-state index is 13.2. The van der Waals surface area contributed by atoms with Gasteiger partial charge < -0.3 is 9.84 Å². The van der Waals surface area contributed by atoms with Gasteiger partial charge in [0.15, 0.2) is 5.60 Å². The number of rotatable bonds is 7. The van der Waals surface area contributed by atoms with Crippen molar-refractivity contribution in [3.05, 3.63) is 71.8 Å². The standard InChI is InChI=1S/C27H33NO3/c29-26(27(30,21-12-6-2-7-13-21)22-14-8-3-9-15-22)31-19-25-23-17-28(18-24(23)25)16-20-10-4-1-5-11-20/h1-2,4-7,10-13,22-25,30H,3,8-9,14-19H2/t23-,24+,25?,27-/m0/s1. The summed E-state index contributed by atoms with van der Waals surface area (Å²) in [6.07, 6.45) is 5.07. The van der Waals surface area contributed by atoms with Gasteiger partial charge in [-0.1, -0.05) is 79.9 Å². The number of likely N-dealkylation sites (tertiary alicyclic amines) is 1. The Balaban J connectivity index is 1.18. The van der Waals surface area contributed by atoms with Gasteiger partial charge >= 0.3 is 5.97 Å². The Labute approximate surface area is 185 Å². The number of ether oxygens (including phenoxy) is 1. The first-order valence-electron chi connectivity index (χ1n) is 11.9. The normalized spacial score (nSPS) is 28.0. The van der Waals surface area contributed by atoms with E-state index in [1.807, 2.05) is 30.3 Å². The molecule has 2 aromatic carbocycles. The summed E-state index contributed by atoms with van der Waals surface area (Å²) in [6, 6.07) is 20.0. The summed E-state index contributed by atoms with van der Waals surface area (Å²) in [5.74, 6) is 1.18. The van der Waals surface area contributed by atoms with E-state index in [9.17, 15) is 9.90 Å². The molecule has 0 spiro atoms. The summed E-state index contributed by atoms with van der Waals surface area (Å²) in [5, 5.41) is 11.6. The molecule has 1 unspecified atom stereocenters. The highest BCUT2D eigenvalue weighted by molar-refractivity contribution is 5.81. The molecule has 2 saturated carbocycles. The van der Waals surface area contributed by atoms with Crippen LogP contribution < -0.4 is 0 Å². The molecule has 4 nitrogen and oxygen atoms in total. The fourth-order valence-corrected chi connectivity index (χ4v) is 5.97. The van der Waals surface area contributed by atoms with Crippen LogP contribution in [0.15, 0.2) is 60.7 Å². The number of carbonyl (C=O) groups is 1. The van der Waals surface area contributed by atoms with Gasteiger partial charge in [0.05, 0.1) is 6.61 Å². The monoisotopic (exact) mass is 419 g/mol. The van der Waals surface area contributed by atoms with Crippen molar-refractivity contribution < 1.29 is 14.6 Å². The number of nitrogens with zero attached hydrogens (tertiary/aromatic N) is 1. The minimum absolute atomic E-state index is 0.0591. The average Bonchev–Trinajstić information content (AvgIpc) is 3.29. The molecule has 4 heteroatoms. The van der Waals surface area contributed by atoms with Crippen LogP contribution >= 0.6 is 0 Å². The maximum atomic E-state index is 13.2. The molecule has 164 valence electrons. The van der Waals surface area contributed by atoms with Gasteiger partial charge in [-0.25, -0.2) is 4.79 Å². The van der Waals surface area contributed by atoms with Crippen molar-refractivity contribution in [1.82, 2.24) is 4.90 Å². The number of hydrogen-bond donors (Lipinski definition) is 1. The molecule has 3 aliphatic rings. The van der Waals surface area contributed by atoms with Crippen molar-refractivity contribution in [1.29, 1.82) is 0 Å². The molecule has 0 radical (unpaired) electrons. The minimum atomic E-state index is -1.52. The molecule has 0 aromatic heterocycles. The summed E-state index contributed by atoms with van der Waals surface area (Å²) in [6.45, 7) is 3.59. The molecule has 1 N–H and O–H groups in total. The number of esters is 1. The molecule has 4 atom stereocenters. The summed E-state index contributed by atoms with van der Waals surface area (Å²) in [5.41, 5.74) is 0.509. The van der Waals surface area contributed by atoms with Crippen molar-refractivity contribution in [3.63, 3.8) is 0 Å². The van der Waals surface area contributed by atoms with E-state index in [0.717, 1.165) is 45.3 Å². The second-order valence-corrected chi connectivity index (χ2v) is 9.74. The zero-order valence-corrected chi connectivity index (χ0v) is 18.2. The van der Waals surface area contributed by atoms with E-state index in [-0.39, 0.29) is 5.92 Å². The van der Waals surface area contributed by atoms with Crippen LogP contribution in [0.2, 0.25) is 0 Å². The maximum Gasteiger partial charge on any atom is 0.343 e. The van der Waals surface area contributed by atoms with Gasteiger partial charge in [-0.3, -0.25) is 4.90 Å². The van der Waals surface area contributed by atoms with Gasteiger partial charge in [0.1, 0.15) is 0 Å². The van der Waals surface area contributed by atoms with E-state index in [2.05, 4.69) is 35.2 Å². The molecule has 5 rings (SSSR count). The summed E-state index contributed by atoms with van der Waals surface area (Å²) in [7, 11) is 0. The van der Waals surface area contributed by atoms with E-state index in [0.29, 0.717) is 29.9 Å². The van der Waals surface area contributed by atoms with Gasteiger partial charge in [-0.15, -0.1) is 0 Å². The van der Waals surface area contributed by atoms with Crippen molar-refractivity contribution in [3.8, 4) is 0 Å². The third kappa shape index (κ3) is 4.16. The third-order valence-corrected chi connectivity index (χ3v) is 7.82. The first-order valence-corrected chi connectivity index (χ1v) is 11.9.